The molecule has 278 valence electrons. The van der Waals surface area contributed by atoms with E-state index in [0.29, 0.717) is 6.04 Å². The first kappa shape index (κ1) is 43.0. The largest absolute Gasteiger partial charge is 0.347 e. The predicted molar refractivity (Wildman–Crippen MR) is 212 cm³/mol. The van der Waals surface area contributed by atoms with Crippen LogP contribution >= 0.6 is 0 Å². The summed E-state index contributed by atoms with van der Waals surface area (Å²) >= 11 is 0. The average Bonchev–Trinajstić information content (AvgIpc) is 3.69. The molecule has 0 aromatic rings. The summed E-state index contributed by atoms with van der Waals surface area (Å²) in [6.07, 6.45) is 56.2. The summed E-state index contributed by atoms with van der Waals surface area (Å²) < 4.78 is 13.4. The van der Waals surface area contributed by atoms with Crippen molar-refractivity contribution < 1.29 is 9.47 Å². The minimum Gasteiger partial charge on any atom is -0.347 e. The summed E-state index contributed by atoms with van der Waals surface area (Å²) in [6.45, 7) is 6.58. The van der Waals surface area contributed by atoms with E-state index >= 15 is 0 Å². The van der Waals surface area contributed by atoms with Gasteiger partial charge in [-0.25, -0.2) is 0 Å². The molecule has 2 atom stereocenters. The number of likely N-dealkylation sites (tertiary alicyclic amines) is 1. The van der Waals surface area contributed by atoms with Gasteiger partial charge in [0.1, 0.15) is 0 Å². The minimum atomic E-state index is -0.313. The van der Waals surface area contributed by atoms with Gasteiger partial charge in [0.15, 0.2) is 5.79 Å². The molecule has 0 saturated carbocycles. The van der Waals surface area contributed by atoms with Crippen LogP contribution in [0, 0.1) is 0 Å². The molecule has 0 amide bonds. The van der Waals surface area contributed by atoms with Gasteiger partial charge in [-0.3, -0.25) is 0 Å². The summed E-state index contributed by atoms with van der Waals surface area (Å²) in [5, 5.41) is 0. The van der Waals surface area contributed by atoms with Crippen LogP contribution in [0.1, 0.15) is 200 Å². The summed E-state index contributed by atoms with van der Waals surface area (Å²) in [5.74, 6) is -0.313. The van der Waals surface area contributed by atoms with Crippen LogP contribution in [0.15, 0.2) is 48.6 Å². The third kappa shape index (κ3) is 22.5. The highest BCUT2D eigenvalue weighted by atomic mass is 16.7. The second-order valence-corrected chi connectivity index (χ2v) is 15.1. The van der Waals surface area contributed by atoms with Crippen molar-refractivity contribution in [2.75, 3.05) is 20.2 Å². The molecule has 2 aliphatic heterocycles. The number of unbranched alkanes of at least 4 members (excludes halogenated alkanes) is 18. The van der Waals surface area contributed by atoms with Crippen LogP contribution in [0.4, 0.5) is 0 Å². The zero-order valence-electron chi connectivity index (χ0n) is 32.5. The van der Waals surface area contributed by atoms with Crippen LogP contribution in [0.25, 0.3) is 0 Å². The van der Waals surface area contributed by atoms with Crippen LogP contribution in [-0.2, 0) is 9.47 Å². The van der Waals surface area contributed by atoms with Gasteiger partial charge in [-0.05, 0) is 110 Å². The van der Waals surface area contributed by atoms with Gasteiger partial charge in [-0.15, -0.1) is 0 Å². The fraction of sp³-hybridized carbons (Fsp3) is 0.822. The lowest BCUT2D eigenvalue weighted by molar-refractivity contribution is -0.180. The van der Waals surface area contributed by atoms with Crippen molar-refractivity contribution in [1.82, 2.24) is 4.90 Å². The van der Waals surface area contributed by atoms with Crippen molar-refractivity contribution in [2.45, 2.75) is 218 Å². The first-order valence-electron chi connectivity index (χ1n) is 21.3. The standard InChI is InChI=1S/C45H81NO2/c1-4-6-8-10-12-14-16-18-20-22-24-26-28-30-32-34-38-45(47-42-44(48-45)41-43-37-36-40-46(43)3)39-35-33-31-29-27-25-23-21-19-17-15-13-11-9-7-5-2/h12-15,18-21,43-44H,4-11,16-17,22-42H2,1-3H3/b14-12-,15-13-,20-18-,21-19-. The Bertz CT molecular complexity index is 781. The fourth-order valence-electron chi connectivity index (χ4n) is 7.47. The van der Waals surface area contributed by atoms with E-state index in [-0.39, 0.29) is 11.9 Å². The monoisotopic (exact) mass is 668 g/mol. The second kappa shape index (κ2) is 30.6. The van der Waals surface area contributed by atoms with Crippen LogP contribution in [-0.4, -0.2) is 43.0 Å². The molecule has 0 bridgehead atoms. The molecule has 0 aliphatic carbocycles. The average molecular weight is 668 g/mol. The molecule has 3 heteroatoms. The fourth-order valence-corrected chi connectivity index (χ4v) is 7.47. The van der Waals surface area contributed by atoms with E-state index in [1.54, 1.807) is 0 Å². The number of rotatable bonds is 32. The van der Waals surface area contributed by atoms with E-state index in [4.69, 9.17) is 9.47 Å². The number of hydrogen-bond acceptors (Lipinski definition) is 3. The molecule has 3 nitrogen and oxygen atoms in total. The SMILES string of the molecule is CCCCC/C=C\C/C=C\CCCCCCCCC1(CCCCCCCC/C=C\C/C=C\CCCCC)OCC(CC2CCCN2C)O1. The van der Waals surface area contributed by atoms with Crippen LogP contribution in [0.3, 0.4) is 0 Å². The highest BCUT2D eigenvalue weighted by molar-refractivity contribution is 4.93. The molecule has 0 aromatic carbocycles. The smallest absolute Gasteiger partial charge is 0.168 e. The minimum absolute atomic E-state index is 0.282. The Morgan fingerprint density at radius 2 is 1.00 bits per heavy atom. The van der Waals surface area contributed by atoms with Crippen molar-refractivity contribution in [3.63, 3.8) is 0 Å². The van der Waals surface area contributed by atoms with Crippen molar-refractivity contribution in [1.29, 1.82) is 0 Å². The van der Waals surface area contributed by atoms with E-state index in [0.717, 1.165) is 38.7 Å². The van der Waals surface area contributed by atoms with E-state index < -0.39 is 0 Å². The van der Waals surface area contributed by atoms with Gasteiger partial charge >= 0.3 is 0 Å². The summed E-state index contributed by atoms with van der Waals surface area (Å²) in [6, 6.07) is 0.679. The highest BCUT2D eigenvalue weighted by Crippen LogP contribution is 2.37. The lowest BCUT2D eigenvalue weighted by Gasteiger charge is -2.29. The summed E-state index contributed by atoms with van der Waals surface area (Å²) in [5.41, 5.74) is 0. The maximum absolute atomic E-state index is 6.83. The molecule has 2 unspecified atom stereocenters. The zero-order valence-corrected chi connectivity index (χ0v) is 32.5. The van der Waals surface area contributed by atoms with E-state index in [2.05, 4.69) is 74.4 Å². The molecular weight excluding hydrogens is 587 g/mol. The molecule has 2 saturated heterocycles. The third-order valence-corrected chi connectivity index (χ3v) is 10.6. The lowest BCUT2D eigenvalue weighted by atomic mass is 9.98. The number of hydrogen-bond donors (Lipinski definition) is 0. The van der Waals surface area contributed by atoms with Gasteiger partial charge in [0.25, 0.3) is 0 Å². The van der Waals surface area contributed by atoms with Gasteiger partial charge in [-0.2, -0.15) is 0 Å². The first-order valence-corrected chi connectivity index (χ1v) is 21.3. The maximum Gasteiger partial charge on any atom is 0.168 e. The molecule has 0 aromatic heterocycles. The van der Waals surface area contributed by atoms with Crippen LogP contribution < -0.4 is 0 Å². The molecule has 2 rings (SSSR count). The van der Waals surface area contributed by atoms with Gasteiger partial charge in [0.05, 0.1) is 12.7 Å². The van der Waals surface area contributed by atoms with E-state index in [1.165, 1.54) is 161 Å². The van der Waals surface area contributed by atoms with E-state index in [9.17, 15) is 0 Å². The highest BCUT2D eigenvalue weighted by Gasteiger charge is 2.41. The molecule has 2 fully saturated rings. The topological polar surface area (TPSA) is 21.7 Å². The predicted octanol–water partition coefficient (Wildman–Crippen LogP) is 14.0. The Hall–Kier alpha value is -1.16. The van der Waals surface area contributed by atoms with Crippen molar-refractivity contribution in [3.8, 4) is 0 Å². The normalized spacial score (nSPS) is 20.2. The molecular formula is C45H81NO2. The van der Waals surface area contributed by atoms with Crippen molar-refractivity contribution in [2.24, 2.45) is 0 Å². The van der Waals surface area contributed by atoms with Crippen LogP contribution in [0.2, 0.25) is 0 Å². The Morgan fingerprint density at radius 3 is 1.44 bits per heavy atom. The van der Waals surface area contributed by atoms with Crippen molar-refractivity contribution in [3.05, 3.63) is 48.6 Å². The van der Waals surface area contributed by atoms with Crippen LogP contribution in [0.5, 0.6) is 0 Å². The van der Waals surface area contributed by atoms with Gasteiger partial charge in [0, 0.05) is 18.9 Å². The molecule has 0 spiro atoms. The molecule has 0 radical (unpaired) electrons. The quantitative estimate of drug-likeness (QED) is 0.0526. The van der Waals surface area contributed by atoms with Gasteiger partial charge in [0.2, 0.25) is 0 Å². The molecule has 2 aliphatic rings. The summed E-state index contributed by atoms with van der Waals surface area (Å²) in [4.78, 5) is 2.54. The Kier molecular flexibility index (Phi) is 27.5. The Labute approximate surface area is 300 Å². The number of nitrogens with zero attached hydrogens (tertiary/aromatic N) is 1. The number of ether oxygens (including phenoxy) is 2. The Balaban J connectivity index is 1.56. The molecule has 2 heterocycles. The van der Waals surface area contributed by atoms with Gasteiger partial charge in [-0.1, -0.05) is 140 Å². The third-order valence-electron chi connectivity index (χ3n) is 10.6. The number of allylic oxidation sites excluding steroid dienone is 8. The molecule has 0 N–H and O–H groups in total. The lowest BCUT2D eigenvalue weighted by Crippen LogP contribution is -2.33. The van der Waals surface area contributed by atoms with Gasteiger partial charge < -0.3 is 14.4 Å². The van der Waals surface area contributed by atoms with E-state index in [1.807, 2.05) is 0 Å². The first-order chi connectivity index (χ1) is 23.7. The maximum atomic E-state index is 6.83. The molecule has 48 heavy (non-hydrogen) atoms. The second-order valence-electron chi connectivity index (χ2n) is 15.1. The van der Waals surface area contributed by atoms with Crippen molar-refractivity contribution >= 4 is 0 Å². The zero-order chi connectivity index (χ0) is 34.2. The summed E-state index contributed by atoms with van der Waals surface area (Å²) in [7, 11) is 2.29. The Morgan fingerprint density at radius 1 is 0.562 bits per heavy atom.